The third-order valence-corrected chi connectivity index (χ3v) is 7.45. The number of piperidine rings is 1. The highest BCUT2D eigenvalue weighted by atomic mass is 15.3. The molecule has 2 N–H and O–H groups in total. The van der Waals surface area contributed by atoms with Gasteiger partial charge in [-0.05, 0) is 55.2 Å². The zero-order valence-electron chi connectivity index (χ0n) is 22.6. The Labute approximate surface area is 211 Å². The molecule has 35 heavy (non-hydrogen) atoms. The molecule has 1 fully saturated rings. The molecule has 188 valence electrons. The number of allylic oxidation sites excluding steroid dienone is 1. The van der Waals surface area contributed by atoms with Gasteiger partial charge in [0.15, 0.2) is 5.82 Å². The maximum absolute atomic E-state index is 8.37. The normalized spacial score (nSPS) is 18.0. The first-order valence-electron chi connectivity index (χ1n) is 13.0. The summed E-state index contributed by atoms with van der Waals surface area (Å²) in [5.41, 5.74) is 6.92. The Balaban J connectivity index is 1.80. The van der Waals surface area contributed by atoms with E-state index in [4.69, 9.17) is 15.4 Å². The molecule has 0 amide bonds. The van der Waals surface area contributed by atoms with Gasteiger partial charge in [0, 0.05) is 56.5 Å². The van der Waals surface area contributed by atoms with Crippen LogP contribution in [0, 0.1) is 30.6 Å². The third kappa shape index (κ3) is 5.36. The van der Waals surface area contributed by atoms with Gasteiger partial charge in [-0.3, -0.25) is 0 Å². The third-order valence-electron chi connectivity index (χ3n) is 7.45. The highest BCUT2D eigenvalue weighted by Crippen LogP contribution is 2.37. The molecule has 2 aromatic rings. The first kappa shape index (κ1) is 25.2. The number of nitrogens with one attached hydrogen (secondary N) is 2. The summed E-state index contributed by atoms with van der Waals surface area (Å²) in [6, 6.07) is 6.42. The standard InChI is InChI=1S/C29H42N6/c1-19(2)23(30)16-25(31-7)34-15-12-24-22(17-34)28(35-14-9-13-29(5,6)18-35)33-27(32-24)26-20(3)10-8-11-21(26)4/h8,10-11,16,19,30-31H,9,12-15,17-18H2,1-7H3/b25-16+,30-23?. The SMILES string of the molecule is CN/C(=C\C(=N)C(C)C)N1CCc2nc(-c3c(C)cccc3C)nc(N3CCCC(C)(C)C3)c2C1. The van der Waals surface area contributed by atoms with Gasteiger partial charge < -0.3 is 20.5 Å². The molecule has 0 spiro atoms. The number of nitrogens with zero attached hydrogens (tertiary/aromatic N) is 4. The molecule has 1 aromatic heterocycles. The lowest BCUT2D eigenvalue weighted by Crippen LogP contribution is -2.43. The topological polar surface area (TPSA) is 68.1 Å². The second-order valence-corrected chi connectivity index (χ2v) is 11.3. The zero-order valence-corrected chi connectivity index (χ0v) is 22.6. The van der Waals surface area contributed by atoms with E-state index in [2.05, 4.69) is 74.9 Å². The molecule has 0 atom stereocenters. The van der Waals surface area contributed by atoms with E-state index in [0.29, 0.717) is 5.71 Å². The number of rotatable bonds is 6. The second kappa shape index (κ2) is 10.00. The van der Waals surface area contributed by atoms with E-state index < -0.39 is 0 Å². The number of hydrogen-bond acceptors (Lipinski definition) is 6. The van der Waals surface area contributed by atoms with Crippen LogP contribution in [0.2, 0.25) is 0 Å². The summed E-state index contributed by atoms with van der Waals surface area (Å²) < 4.78 is 0. The van der Waals surface area contributed by atoms with E-state index >= 15 is 0 Å². The minimum Gasteiger partial charge on any atom is -0.375 e. The van der Waals surface area contributed by atoms with Crippen LogP contribution in [0.3, 0.4) is 0 Å². The fourth-order valence-electron chi connectivity index (χ4n) is 5.38. The van der Waals surface area contributed by atoms with Crippen molar-refractivity contribution in [2.24, 2.45) is 11.3 Å². The Hall–Kier alpha value is -2.89. The molecule has 6 heteroatoms. The highest BCUT2D eigenvalue weighted by molar-refractivity contribution is 5.94. The van der Waals surface area contributed by atoms with Crippen molar-refractivity contribution in [2.45, 2.75) is 67.3 Å². The summed E-state index contributed by atoms with van der Waals surface area (Å²) in [7, 11) is 1.95. The predicted octanol–water partition coefficient (Wildman–Crippen LogP) is 5.48. The smallest absolute Gasteiger partial charge is 0.162 e. The fraction of sp³-hybridized carbons (Fsp3) is 0.552. The van der Waals surface area contributed by atoms with E-state index in [-0.39, 0.29) is 11.3 Å². The van der Waals surface area contributed by atoms with Crippen LogP contribution in [-0.2, 0) is 13.0 Å². The van der Waals surface area contributed by atoms with Crippen molar-refractivity contribution in [3.05, 3.63) is 52.5 Å². The van der Waals surface area contributed by atoms with Gasteiger partial charge in [-0.15, -0.1) is 0 Å². The minimum atomic E-state index is 0.199. The molecular formula is C29H42N6. The molecule has 2 aliphatic rings. The Bertz CT molecular complexity index is 1110. The van der Waals surface area contributed by atoms with Gasteiger partial charge in [0.05, 0.1) is 5.69 Å². The molecule has 1 aromatic carbocycles. The Morgan fingerprint density at radius 3 is 2.49 bits per heavy atom. The molecule has 0 saturated carbocycles. The van der Waals surface area contributed by atoms with Gasteiger partial charge in [-0.1, -0.05) is 45.9 Å². The summed E-state index contributed by atoms with van der Waals surface area (Å²) in [5.74, 6) is 3.15. The predicted molar refractivity (Wildman–Crippen MR) is 146 cm³/mol. The molecule has 6 nitrogen and oxygen atoms in total. The fourth-order valence-corrected chi connectivity index (χ4v) is 5.38. The molecule has 1 saturated heterocycles. The molecule has 4 rings (SSSR count). The maximum atomic E-state index is 8.37. The van der Waals surface area contributed by atoms with Crippen molar-refractivity contribution in [3.8, 4) is 11.4 Å². The number of hydrogen-bond donors (Lipinski definition) is 2. The minimum absolute atomic E-state index is 0.199. The van der Waals surface area contributed by atoms with Gasteiger partial charge >= 0.3 is 0 Å². The average molecular weight is 475 g/mol. The van der Waals surface area contributed by atoms with Crippen molar-refractivity contribution < 1.29 is 0 Å². The Morgan fingerprint density at radius 1 is 1.14 bits per heavy atom. The molecule has 0 aliphatic carbocycles. The molecular weight excluding hydrogens is 432 g/mol. The molecule has 0 unspecified atom stereocenters. The highest BCUT2D eigenvalue weighted by Gasteiger charge is 2.32. The van der Waals surface area contributed by atoms with Crippen molar-refractivity contribution in [1.82, 2.24) is 20.2 Å². The van der Waals surface area contributed by atoms with Crippen molar-refractivity contribution >= 4 is 11.5 Å². The lowest BCUT2D eigenvalue weighted by atomic mass is 9.84. The Kier molecular flexibility index (Phi) is 7.20. The first-order chi connectivity index (χ1) is 16.6. The van der Waals surface area contributed by atoms with Crippen molar-refractivity contribution in [2.75, 3.05) is 31.6 Å². The quantitative estimate of drug-likeness (QED) is 0.543. The van der Waals surface area contributed by atoms with Crippen LogP contribution in [0.5, 0.6) is 0 Å². The zero-order chi connectivity index (χ0) is 25.3. The van der Waals surface area contributed by atoms with Crippen molar-refractivity contribution in [1.29, 1.82) is 5.41 Å². The largest absolute Gasteiger partial charge is 0.375 e. The van der Waals surface area contributed by atoms with Crippen LogP contribution in [-0.4, -0.2) is 47.3 Å². The number of aromatic nitrogens is 2. The summed E-state index contributed by atoms with van der Waals surface area (Å²) in [6.45, 7) is 16.9. The van der Waals surface area contributed by atoms with Gasteiger partial charge in [0.2, 0.25) is 0 Å². The van der Waals surface area contributed by atoms with E-state index in [9.17, 15) is 0 Å². The molecule has 0 radical (unpaired) electrons. The first-order valence-corrected chi connectivity index (χ1v) is 13.0. The Morgan fingerprint density at radius 2 is 1.86 bits per heavy atom. The van der Waals surface area contributed by atoms with Crippen LogP contribution < -0.4 is 10.2 Å². The lowest BCUT2D eigenvalue weighted by Gasteiger charge is -2.41. The maximum Gasteiger partial charge on any atom is 0.162 e. The van der Waals surface area contributed by atoms with Gasteiger partial charge in [-0.25, -0.2) is 9.97 Å². The summed E-state index contributed by atoms with van der Waals surface area (Å²) >= 11 is 0. The van der Waals surface area contributed by atoms with Crippen molar-refractivity contribution in [3.63, 3.8) is 0 Å². The second-order valence-electron chi connectivity index (χ2n) is 11.3. The van der Waals surface area contributed by atoms with Gasteiger partial charge in [0.1, 0.15) is 11.6 Å². The van der Waals surface area contributed by atoms with Crippen LogP contribution in [0.4, 0.5) is 5.82 Å². The summed E-state index contributed by atoms with van der Waals surface area (Å²) in [4.78, 5) is 15.3. The number of benzene rings is 1. The van der Waals surface area contributed by atoms with E-state index in [1.165, 1.54) is 35.2 Å². The lowest BCUT2D eigenvalue weighted by molar-refractivity contribution is 0.285. The van der Waals surface area contributed by atoms with E-state index in [1.807, 2.05) is 13.1 Å². The number of aryl methyl sites for hydroxylation is 2. The molecule has 3 heterocycles. The van der Waals surface area contributed by atoms with Crippen LogP contribution in [0.15, 0.2) is 30.1 Å². The monoisotopic (exact) mass is 474 g/mol. The van der Waals surface area contributed by atoms with Crippen LogP contribution in [0.1, 0.15) is 62.9 Å². The van der Waals surface area contributed by atoms with Gasteiger partial charge in [0.25, 0.3) is 0 Å². The molecule has 0 bridgehead atoms. The number of fused-ring (bicyclic) bond motifs is 1. The van der Waals surface area contributed by atoms with Crippen LogP contribution >= 0.6 is 0 Å². The summed E-state index contributed by atoms with van der Waals surface area (Å²) in [6.07, 6.45) is 5.28. The summed E-state index contributed by atoms with van der Waals surface area (Å²) in [5, 5.41) is 11.7. The van der Waals surface area contributed by atoms with Gasteiger partial charge in [-0.2, -0.15) is 0 Å². The molecule has 2 aliphatic heterocycles. The van der Waals surface area contributed by atoms with E-state index in [1.54, 1.807) is 0 Å². The van der Waals surface area contributed by atoms with E-state index in [0.717, 1.165) is 55.6 Å². The van der Waals surface area contributed by atoms with Crippen LogP contribution in [0.25, 0.3) is 11.4 Å². The average Bonchev–Trinajstić information content (AvgIpc) is 2.80. The number of anilines is 1.